The molecule has 0 radical (unpaired) electrons. The van der Waals surface area contributed by atoms with Crippen molar-refractivity contribution in [3.8, 4) is 5.75 Å². The summed E-state index contributed by atoms with van der Waals surface area (Å²) in [6.07, 6.45) is 0.0140. The SMILES string of the molecule is C=C(CC(=O)Nc1ccc(N(C)C)cc1)NNC(=O)COc1ccc(C)cc1Br. The maximum Gasteiger partial charge on any atom is 0.276 e. The number of anilines is 2. The number of rotatable bonds is 9. The highest BCUT2D eigenvalue weighted by Gasteiger charge is 2.08. The molecule has 8 heteroatoms. The van der Waals surface area contributed by atoms with Gasteiger partial charge in [-0.05, 0) is 64.8 Å². The Balaban J connectivity index is 1.71. The minimum absolute atomic E-state index is 0.0140. The van der Waals surface area contributed by atoms with Crippen LogP contribution in [0.15, 0.2) is 59.2 Å². The molecule has 2 amide bonds. The van der Waals surface area contributed by atoms with Crippen molar-refractivity contribution >= 4 is 39.1 Å². The van der Waals surface area contributed by atoms with Crippen LogP contribution in [-0.4, -0.2) is 32.5 Å². The van der Waals surface area contributed by atoms with Gasteiger partial charge in [-0.1, -0.05) is 12.6 Å². The zero-order chi connectivity index (χ0) is 21.4. The molecule has 7 nitrogen and oxygen atoms in total. The summed E-state index contributed by atoms with van der Waals surface area (Å²) in [6.45, 7) is 5.54. The molecule has 0 saturated carbocycles. The smallest absolute Gasteiger partial charge is 0.276 e. The molecule has 29 heavy (non-hydrogen) atoms. The van der Waals surface area contributed by atoms with Crippen molar-refractivity contribution in [2.75, 3.05) is 30.9 Å². The van der Waals surface area contributed by atoms with Crippen LogP contribution in [0.4, 0.5) is 11.4 Å². The van der Waals surface area contributed by atoms with Gasteiger partial charge in [0.25, 0.3) is 5.91 Å². The minimum Gasteiger partial charge on any atom is -0.483 e. The van der Waals surface area contributed by atoms with Crippen molar-refractivity contribution in [2.24, 2.45) is 0 Å². The normalized spacial score (nSPS) is 10.1. The number of amides is 2. The molecule has 0 heterocycles. The van der Waals surface area contributed by atoms with Crippen LogP contribution < -0.4 is 25.8 Å². The standard InChI is InChI=1S/C21H25BrN4O3/c1-14-5-10-19(18(22)11-14)29-13-21(28)25-24-15(2)12-20(27)23-16-6-8-17(9-7-16)26(3)4/h5-11,24H,2,12-13H2,1,3-4H3,(H,23,27)(H,25,28). The van der Waals surface area contributed by atoms with E-state index in [-0.39, 0.29) is 18.9 Å². The Morgan fingerprint density at radius 2 is 1.76 bits per heavy atom. The van der Waals surface area contributed by atoms with Crippen molar-refractivity contribution in [3.63, 3.8) is 0 Å². The third kappa shape index (κ3) is 7.50. The molecule has 0 aliphatic heterocycles. The molecule has 0 aromatic heterocycles. The van der Waals surface area contributed by atoms with E-state index in [0.29, 0.717) is 17.1 Å². The summed E-state index contributed by atoms with van der Waals surface area (Å²) in [5, 5.41) is 2.78. The second-order valence-electron chi connectivity index (χ2n) is 6.67. The minimum atomic E-state index is -0.390. The van der Waals surface area contributed by atoms with Gasteiger partial charge in [-0.2, -0.15) is 0 Å². The summed E-state index contributed by atoms with van der Waals surface area (Å²) in [5.41, 5.74) is 8.26. The first-order valence-corrected chi connectivity index (χ1v) is 9.72. The Labute approximate surface area is 179 Å². The van der Waals surface area contributed by atoms with Gasteiger partial charge in [-0.25, -0.2) is 0 Å². The number of hydrazine groups is 1. The fourth-order valence-electron chi connectivity index (χ4n) is 2.35. The van der Waals surface area contributed by atoms with Crippen molar-refractivity contribution in [2.45, 2.75) is 13.3 Å². The maximum absolute atomic E-state index is 12.1. The number of hydrogen-bond acceptors (Lipinski definition) is 5. The molecule has 0 bridgehead atoms. The zero-order valence-electron chi connectivity index (χ0n) is 16.7. The van der Waals surface area contributed by atoms with Crippen LogP contribution in [0.3, 0.4) is 0 Å². The van der Waals surface area contributed by atoms with Crippen LogP contribution in [0.2, 0.25) is 0 Å². The lowest BCUT2D eigenvalue weighted by atomic mass is 10.2. The van der Waals surface area contributed by atoms with Crippen LogP contribution in [0, 0.1) is 6.92 Å². The molecular weight excluding hydrogens is 436 g/mol. The molecule has 0 saturated heterocycles. The first-order chi connectivity index (χ1) is 13.7. The maximum atomic E-state index is 12.1. The van der Waals surface area contributed by atoms with Crippen LogP contribution >= 0.6 is 15.9 Å². The van der Waals surface area contributed by atoms with Gasteiger partial charge >= 0.3 is 0 Å². The molecule has 0 aliphatic rings. The number of halogens is 1. The highest BCUT2D eigenvalue weighted by atomic mass is 79.9. The number of nitrogens with one attached hydrogen (secondary N) is 3. The number of carbonyl (C=O) groups excluding carboxylic acids is 2. The Hall–Kier alpha value is -3.00. The molecule has 154 valence electrons. The lowest BCUT2D eigenvalue weighted by molar-refractivity contribution is -0.124. The van der Waals surface area contributed by atoms with Gasteiger partial charge in [0.15, 0.2) is 6.61 Å². The lowest BCUT2D eigenvalue weighted by Gasteiger charge is -2.14. The number of hydrogen-bond donors (Lipinski definition) is 3. The zero-order valence-corrected chi connectivity index (χ0v) is 18.3. The van der Waals surface area contributed by atoms with Gasteiger partial charge < -0.3 is 20.4 Å². The van der Waals surface area contributed by atoms with E-state index in [9.17, 15) is 9.59 Å². The fourth-order valence-corrected chi connectivity index (χ4v) is 2.95. The highest BCUT2D eigenvalue weighted by molar-refractivity contribution is 9.10. The topological polar surface area (TPSA) is 82.7 Å². The van der Waals surface area contributed by atoms with E-state index in [1.165, 1.54) is 0 Å². The van der Waals surface area contributed by atoms with E-state index in [1.807, 2.05) is 62.3 Å². The van der Waals surface area contributed by atoms with Gasteiger partial charge in [0.2, 0.25) is 5.91 Å². The summed E-state index contributed by atoms with van der Waals surface area (Å²) in [6, 6.07) is 13.1. The monoisotopic (exact) mass is 460 g/mol. The first kappa shape index (κ1) is 22.3. The Morgan fingerprint density at radius 3 is 2.38 bits per heavy atom. The predicted octanol–water partition coefficient (Wildman–Crippen LogP) is 3.37. The molecule has 0 spiro atoms. The predicted molar refractivity (Wildman–Crippen MR) is 119 cm³/mol. The Morgan fingerprint density at radius 1 is 1.07 bits per heavy atom. The van der Waals surface area contributed by atoms with Crippen molar-refractivity contribution in [1.29, 1.82) is 0 Å². The summed E-state index contributed by atoms with van der Waals surface area (Å²) in [7, 11) is 3.89. The number of nitrogens with zero attached hydrogens (tertiary/aromatic N) is 1. The largest absolute Gasteiger partial charge is 0.483 e. The summed E-state index contributed by atoms with van der Waals surface area (Å²) >= 11 is 3.39. The van der Waals surface area contributed by atoms with E-state index < -0.39 is 5.91 Å². The Kier molecular flexibility index (Phi) is 8.09. The van der Waals surface area contributed by atoms with Crippen LogP contribution in [-0.2, 0) is 9.59 Å². The van der Waals surface area contributed by atoms with E-state index in [0.717, 1.165) is 15.7 Å². The van der Waals surface area contributed by atoms with Gasteiger partial charge in [-0.15, -0.1) is 0 Å². The van der Waals surface area contributed by atoms with Gasteiger partial charge in [0.1, 0.15) is 5.75 Å². The second kappa shape index (κ2) is 10.5. The number of ether oxygens (including phenoxy) is 1. The van der Waals surface area contributed by atoms with E-state index >= 15 is 0 Å². The lowest BCUT2D eigenvalue weighted by Crippen LogP contribution is -2.40. The quantitative estimate of drug-likeness (QED) is 0.499. The number of aryl methyl sites for hydroxylation is 1. The molecule has 2 aromatic rings. The van der Waals surface area contributed by atoms with E-state index in [4.69, 9.17) is 4.74 Å². The fraction of sp³-hybridized carbons (Fsp3) is 0.238. The average Bonchev–Trinajstić information content (AvgIpc) is 2.66. The van der Waals surface area contributed by atoms with Crippen LogP contribution in [0.1, 0.15) is 12.0 Å². The molecule has 2 aromatic carbocycles. The molecule has 2 rings (SSSR count). The molecule has 0 unspecified atom stereocenters. The van der Waals surface area contributed by atoms with Crippen molar-refractivity contribution in [3.05, 3.63) is 64.8 Å². The van der Waals surface area contributed by atoms with Crippen LogP contribution in [0.5, 0.6) is 5.75 Å². The van der Waals surface area contributed by atoms with Crippen molar-refractivity contribution in [1.82, 2.24) is 10.9 Å². The number of benzene rings is 2. The third-order valence-corrected chi connectivity index (χ3v) is 4.49. The molecule has 0 atom stereocenters. The summed E-state index contributed by atoms with van der Waals surface area (Å²) in [5.74, 6) is -0.0586. The summed E-state index contributed by atoms with van der Waals surface area (Å²) in [4.78, 5) is 26.0. The summed E-state index contributed by atoms with van der Waals surface area (Å²) < 4.78 is 6.24. The molecule has 0 fully saturated rings. The Bertz CT molecular complexity index is 882. The molecular formula is C21H25BrN4O3. The van der Waals surface area contributed by atoms with Gasteiger partial charge in [0, 0.05) is 31.2 Å². The first-order valence-electron chi connectivity index (χ1n) is 8.93. The number of carbonyl (C=O) groups is 2. The van der Waals surface area contributed by atoms with E-state index in [1.54, 1.807) is 6.07 Å². The third-order valence-electron chi connectivity index (χ3n) is 3.87. The van der Waals surface area contributed by atoms with Gasteiger partial charge in [-0.3, -0.25) is 15.0 Å². The average molecular weight is 461 g/mol. The highest BCUT2D eigenvalue weighted by Crippen LogP contribution is 2.25. The second-order valence-corrected chi connectivity index (χ2v) is 7.52. The van der Waals surface area contributed by atoms with Crippen molar-refractivity contribution < 1.29 is 14.3 Å². The molecule has 3 N–H and O–H groups in total. The molecule has 0 aliphatic carbocycles. The van der Waals surface area contributed by atoms with Gasteiger partial charge in [0.05, 0.1) is 10.9 Å². The van der Waals surface area contributed by atoms with E-state index in [2.05, 4.69) is 38.7 Å². The van der Waals surface area contributed by atoms with Crippen LogP contribution in [0.25, 0.3) is 0 Å².